The van der Waals surface area contributed by atoms with Gasteiger partial charge in [0.25, 0.3) is 10.1 Å². The Kier molecular flexibility index (Phi) is 4.15. The molecule has 5 heteroatoms. The molecule has 2 rings (SSSR count). The lowest BCUT2D eigenvalue weighted by Crippen LogP contribution is -2.30. The Hall–Kier alpha value is -0.650. The SMILES string of the molecule is CC(C)C1=CC2C(CC[C@]2(C)O)/C(=C/S(=O)(=O)O)CC1. The maximum atomic E-state index is 11.2. The van der Waals surface area contributed by atoms with E-state index < -0.39 is 15.7 Å². The molecule has 1 fully saturated rings. The van der Waals surface area contributed by atoms with E-state index in [-0.39, 0.29) is 11.8 Å². The van der Waals surface area contributed by atoms with E-state index in [1.54, 1.807) is 0 Å². The standard InChI is InChI=1S/C15H24O4S/c1-10(2)11-4-5-12(9-20(17,18)19)13-6-7-15(3,16)14(13)8-11/h8-10,13-14,16H,4-7H2,1-3H3,(H,17,18,19)/b12-9+/t13?,14?,15-/m0/s1. The number of hydrogen-bond donors (Lipinski definition) is 2. The first-order valence-corrected chi connectivity index (χ1v) is 8.71. The lowest BCUT2D eigenvalue weighted by Gasteiger charge is -2.27. The third kappa shape index (κ3) is 3.32. The molecule has 0 spiro atoms. The number of allylic oxidation sites excluding steroid dienone is 2. The van der Waals surface area contributed by atoms with Gasteiger partial charge in [0.05, 0.1) is 11.0 Å². The first kappa shape index (κ1) is 15.7. The largest absolute Gasteiger partial charge is 0.390 e. The minimum Gasteiger partial charge on any atom is -0.390 e. The molecule has 4 nitrogen and oxygen atoms in total. The van der Waals surface area contributed by atoms with Crippen LogP contribution >= 0.6 is 0 Å². The second-order valence-electron chi connectivity index (χ2n) is 6.63. The molecule has 2 aliphatic rings. The second-order valence-corrected chi connectivity index (χ2v) is 7.90. The van der Waals surface area contributed by atoms with Crippen molar-refractivity contribution in [2.24, 2.45) is 17.8 Å². The van der Waals surface area contributed by atoms with Crippen LogP contribution < -0.4 is 0 Å². The highest BCUT2D eigenvalue weighted by Crippen LogP contribution is 2.48. The zero-order chi connectivity index (χ0) is 15.1. The first-order valence-electron chi connectivity index (χ1n) is 7.21. The van der Waals surface area contributed by atoms with Crippen LogP contribution in [0.25, 0.3) is 0 Å². The van der Waals surface area contributed by atoms with Crippen LogP contribution in [0, 0.1) is 17.8 Å². The molecule has 3 atom stereocenters. The van der Waals surface area contributed by atoms with Crippen molar-refractivity contribution < 1.29 is 18.1 Å². The Morgan fingerprint density at radius 1 is 1.40 bits per heavy atom. The lowest BCUT2D eigenvalue weighted by atomic mass is 9.83. The number of rotatable bonds is 2. The summed E-state index contributed by atoms with van der Waals surface area (Å²) in [6, 6.07) is 0. The molecule has 0 radical (unpaired) electrons. The number of hydrogen-bond acceptors (Lipinski definition) is 3. The fourth-order valence-corrected chi connectivity index (χ4v) is 4.22. The zero-order valence-electron chi connectivity index (χ0n) is 12.3. The summed E-state index contributed by atoms with van der Waals surface area (Å²) in [4.78, 5) is 0. The summed E-state index contributed by atoms with van der Waals surface area (Å²) < 4.78 is 31.5. The average Bonchev–Trinajstić information content (AvgIpc) is 2.46. The average molecular weight is 300 g/mol. The molecule has 20 heavy (non-hydrogen) atoms. The molecule has 0 aromatic carbocycles. The van der Waals surface area contributed by atoms with Crippen molar-refractivity contribution in [1.29, 1.82) is 0 Å². The fourth-order valence-electron chi connectivity index (χ4n) is 3.55. The molecule has 2 aliphatic carbocycles. The van der Waals surface area contributed by atoms with Crippen molar-refractivity contribution in [3.05, 3.63) is 22.6 Å². The molecule has 0 amide bonds. The second kappa shape index (κ2) is 5.28. The van der Waals surface area contributed by atoms with Gasteiger partial charge in [-0.3, -0.25) is 4.55 Å². The van der Waals surface area contributed by atoms with E-state index in [0.29, 0.717) is 18.8 Å². The van der Waals surface area contributed by atoms with E-state index in [9.17, 15) is 13.5 Å². The van der Waals surface area contributed by atoms with E-state index in [2.05, 4.69) is 19.9 Å². The highest BCUT2D eigenvalue weighted by Gasteiger charge is 2.45. The summed E-state index contributed by atoms with van der Waals surface area (Å²) in [5, 5.41) is 11.5. The summed E-state index contributed by atoms with van der Waals surface area (Å²) >= 11 is 0. The third-order valence-electron chi connectivity index (χ3n) is 4.73. The molecular weight excluding hydrogens is 276 g/mol. The molecule has 0 heterocycles. The molecule has 1 saturated carbocycles. The van der Waals surface area contributed by atoms with Crippen LogP contribution in [-0.2, 0) is 10.1 Å². The van der Waals surface area contributed by atoms with Gasteiger partial charge in [-0.1, -0.05) is 31.1 Å². The maximum Gasteiger partial charge on any atom is 0.287 e. The minimum atomic E-state index is -4.12. The van der Waals surface area contributed by atoms with Crippen molar-refractivity contribution in [2.75, 3.05) is 0 Å². The summed E-state index contributed by atoms with van der Waals surface area (Å²) in [6.07, 6.45) is 5.00. The van der Waals surface area contributed by atoms with Gasteiger partial charge in [-0.2, -0.15) is 8.42 Å². The highest BCUT2D eigenvalue weighted by molar-refractivity contribution is 7.88. The Labute approximate surface area is 121 Å². The predicted molar refractivity (Wildman–Crippen MR) is 78.6 cm³/mol. The molecule has 2 N–H and O–H groups in total. The quantitative estimate of drug-likeness (QED) is 0.607. The van der Waals surface area contributed by atoms with Gasteiger partial charge in [0, 0.05) is 5.92 Å². The van der Waals surface area contributed by atoms with Crippen LogP contribution in [0.5, 0.6) is 0 Å². The predicted octanol–water partition coefficient (Wildman–Crippen LogP) is 2.91. The van der Waals surface area contributed by atoms with Crippen LogP contribution in [0.1, 0.15) is 46.5 Å². The minimum absolute atomic E-state index is 0.0168. The van der Waals surface area contributed by atoms with Crippen LogP contribution in [-0.4, -0.2) is 23.7 Å². The van der Waals surface area contributed by atoms with Crippen molar-refractivity contribution >= 4 is 10.1 Å². The molecule has 114 valence electrons. The van der Waals surface area contributed by atoms with E-state index in [4.69, 9.17) is 4.55 Å². The number of aliphatic hydroxyl groups is 1. The molecule has 0 saturated heterocycles. The highest BCUT2D eigenvalue weighted by atomic mass is 32.2. The van der Waals surface area contributed by atoms with Gasteiger partial charge < -0.3 is 5.11 Å². The van der Waals surface area contributed by atoms with Gasteiger partial charge in [-0.05, 0) is 44.4 Å². The Morgan fingerprint density at radius 3 is 2.60 bits per heavy atom. The van der Waals surface area contributed by atoms with Crippen molar-refractivity contribution in [3.63, 3.8) is 0 Å². The van der Waals surface area contributed by atoms with E-state index >= 15 is 0 Å². The molecular formula is C15H24O4S. The van der Waals surface area contributed by atoms with Gasteiger partial charge in [-0.15, -0.1) is 0 Å². The monoisotopic (exact) mass is 300 g/mol. The van der Waals surface area contributed by atoms with E-state index in [0.717, 1.165) is 23.8 Å². The zero-order valence-corrected chi connectivity index (χ0v) is 13.2. The molecule has 2 unspecified atom stereocenters. The Bertz CT molecular complexity index is 540. The van der Waals surface area contributed by atoms with Crippen molar-refractivity contribution in [3.8, 4) is 0 Å². The van der Waals surface area contributed by atoms with Gasteiger partial charge in [0.2, 0.25) is 0 Å². The first-order chi connectivity index (χ1) is 9.10. The third-order valence-corrected chi connectivity index (χ3v) is 5.33. The molecule has 0 aliphatic heterocycles. The van der Waals surface area contributed by atoms with Crippen molar-refractivity contribution in [2.45, 2.75) is 52.1 Å². The van der Waals surface area contributed by atoms with Gasteiger partial charge in [-0.25, -0.2) is 0 Å². The van der Waals surface area contributed by atoms with Crippen LogP contribution in [0.3, 0.4) is 0 Å². The molecule has 0 aromatic heterocycles. The van der Waals surface area contributed by atoms with E-state index in [1.807, 2.05) is 6.92 Å². The normalized spacial score (nSPS) is 36.9. The Morgan fingerprint density at radius 2 is 2.05 bits per heavy atom. The summed E-state index contributed by atoms with van der Waals surface area (Å²) in [5.74, 6) is 0.343. The molecule has 0 aromatic rings. The van der Waals surface area contributed by atoms with Crippen molar-refractivity contribution in [1.82, 2.24) is 0 Å². The van der Waals surface area contributed by atoms with Crippen LogP contribution in [0.4, 0.5) is 0 Å². The summed E-state index contributed by atoms with van der Waals surface area (Å²) in [6.45, 7) is 6.05. The van der Waals surface area contributed by atoms with Gasteiger partial charge in [0.1, 0.15) is 0 Å². The van der Waals surface area contributed by atoms with Crippen LogP contribution in [0.2, 0.25) is 0 Å². The smallest absolute Gasteiger partial charge is 0.287 e. The summed E-state index contributed by atoms with van der Waals surface area (Å²) in [7, 11) is -4.12. The van der Waals surface area contributed by atoms with Gasteiger partial charge >= 0.3 is 0 Å². The number of fused-ring (bicyclic) bond motifs is 1. The van der Waals surface area contributed by atoms with Crippen LogP contribution in [0.15, 0.2) is 22.6 Å². The van der Waals surface area contributed by atoms with Gasteiger partial charge in [0.15, 0.2) is 0 Å². The maximum absolute atomic E-state index is 11.2. The van der Waals surface area contributed by atoms with E-state index in [1.165, 1.54) is 5.57 Å². The lowest BCUT2D eigenvalue weighted by molar-refractivity contribution is 0.0330. The topological polar surface area (TPSA) is 74.6 Å². The summed E-state index contributed by atoms with van der Waals surface area (Å²) in [5.41, 5.74) is 1.22. The molecule has 0 bridgehead atoms. The fraction of sp³-hybridized carbons (Fsp3) is 0.733. The Balaban J connectivity index is 2.44.